The average Bonchev–Trinajstić information content (AvgIpc) is 3.19. The molecule has 2 N–H and O–H groups in total. The molecular formula is C23H30ClN3O2. The lowest BCUT2D eigenvalue weighted by Crippen LogP contribution is -2.31. The topological polar surface area (TPSA) is 66.6 Å². The molecule has 1 saturated heterocycles. The molecule has 2 aromatic rings. The fourth-order valence-corrected chi connectivity index (χ4v) is 3.99. The second-order valence-corrected chi connectivity index (χ2v) is 7.28. The molecule has 1 aliphatic heterocycles. The van der Waals surface area contributed by atoms with Crippen molar-refractivity contribution >= 4 is 24.2 Å². The van der Waals surface area contributed by atoms with Crippen LogP contribution in [0.15, 0.2) is 54.6 Å². The molecule has 5 nitrogen and oxygen atoms in total. The highest BCUT2D eigenvalue weighted by Gasteiger charge is 2.35. The third-order valence-corrected chi connectivity index (χ3v) is 5.69. The van der Waals surface area contributed by atoms with E-state index in [4.69, 9.17) is 5.73 Å². The van der Waals surface area contributed by atoms with Crippen LogP contribution >= 0.6 is 12.4 Å². The van der Waals surface area contributed by atoms with Crippen LogP contribution in [0.3, 0.4) is 0 Å². The van der Waals surface area contributed by atoms with Gasteiger partial charge in [-0.1, -0.05) is 30.3 Å². The first-order valence-corrected chi connectivity index (χ1v) is 10.0. The van der Waals surface area contributed by atoms with E-state index in [2.05, 4.69) is 12.1 Å². The summed E-state index contributed by atoms with van der Waals surface area (Å²) in [5.41, 5.74) is 8.45. The SMILES string of the molecule is CCN(CC)C(=O)c1ccc(C(=O)N2C[C@@H](CN)[C@H](c3ccccc3)C2)cc1.Cl. The summed E-state index contributed by atoms with van der Waals surface area (Å²) in [5, 5.41) is 0. The fourth-order valence-electron chi connectivity index (χ4n) is 3.99. The first kappa shape index (κ1) is 22.9. The number of hydrogen-bond acceptors (Lipinski definition) is 3. The van der Waals surface area contributed by atoms with Crippen molar-refractivity contribution in [2.45, 2.75) is 19.8 Å². The van der Waals surface area contributed by atoms with Crippen LogP contribution in [0.1, 0.15) is 46.0 Å². The first-order chi connectivity index (χ1) is 13.6. The van der Waals surface area contributed by atoms with Crippen LogP contribution in [0.2, 0.25) is 0 Å². The van der Waals surface area contributed by atoms with E-state index in [0.29, 0.717) is 43.9 Å². The lowest BCUT2D eigenvalue weighted by atomic mass is 9.89. The highest BCUT2D eigenvalue weighted by molar-refractivity contribution is 5.98. The van der Waals surface area contributed by atoms with Gasteiger partial charge in [0.05, 0.1) is 0 Å². The maximum atomic E-state index is 13.0. The molecule has 29 heavy (non-hydrogen) atoms. The number of hydrogen-bond donors (Lipinski definition) is 1. The van der Waals surface area contributed by atoms with Crippen LogP contribution in [0.4, 0.5) is 0 Å². The smallest absolute Gasteiger partial charge is 0.253 e. The Morgan fingerprint density at radius 3 is 2.10 bits per heavy atom. The highest BCUT2D eigenvalue weighted by Crippen LogP contribution is 2.32. The zero-order chi connectivity index (χ0) is 20.1. The molecule has 0 saturated carbocycles. The van der Waals surface area contributed by atoms with Gasteiger partial charge >= 0.3 is 0 Å². The van der Waals surface area contributed by atoms with Crippen molar-refractivity contribution in [2.75, 3.05) is 32.7 Å². The molecule has 6 heteroatoms. The summed E-state index contributed by atoms with van der Waals surface area (Å²) in [7, 11) is 0. The number of likely N-dealkylation sites (tertiary alicyclic amines) is 1. The lowest BCUT2D eigenvalue weighted by molar-refractivity contribution is 0.0766. The third kappa shape index (κ3) is 4.98. The molecule has 2 atom stereocenters. The van der Waals surface area contributed by atoms with E-state index in [1.54, 1.807) is 29.2 Å². The molecule has 0 radical (unpaired) electrons. The summed E-state index contributed by atoms with van der Waals surface area (Å²) in [6.07, 6.45) is 0. The summed E-state index contributed by atoms with van der Waals surface area (Å²) < 4.78 is 0. The Balaban J connectivity index is 0.00000300. The van der Waals surface area contributed by atoms with E-state index in [1.165, 1.54) is 5.56 Å². The van der Waals surface area contributed by atoms with Crippen molar-refractivity contribution < 1.29 is 9.59 Å². The Morgan fingerprint density at radius 1 is 0.966 bits per heavy atom. The van der Waals surface area contributed by atoms with Crippen LogP contribution in [0.25, 0.3) is 0 Å². The summed E-state index contributed by atoms with van der Waals surface area (Å²) >= 11 is 0. The summed E-state index contributed by atoms with van der Waals surface area (Å²) in [4.78, 5) is 29.1. The molecule has 3 rings (SSSR count). The van der Waals surface area contributed by atoms with Crippen LogP contribution < -0.4 is 5.73 Å². The van der Waals surface area contributed by atoms with E-state index in [-0.39, 0.29) is 36.1 Å². The number of amides is 2. The van der Waals surface area contributed by atoms with Crippen LogP contribution in [0, 0.1) is 5.92 Å². The number of carbonyl (C=O) groups is 2. The Labute approximate surface area is 179 Å². The van der Waals surface area contributed by atoms with Crippen LogP contribution in [0.5, 0.6) is 0 Å². The van der Waals surface area contributed by atoms with E-state index < -0.39 is 0 Å². The molecule has 0 unspecified atom stereocenters. The van der Waals surface area contributed by atoms with Crippen molar-refractivity contribution in [3.63, 3.8) is 0 Å². The minimum atomic E-state index is -0.00231. The maximum Gasteiger partial charge on any atom is 0.253 e. The molecule has 0 bridgehead atoms. The molecule has 0 aliphatic carbocycles. The van der Waals surface area contributed by atoms with Gasteiger partial charge < -0.3 is 15.5 Å². The van der Waals surface area contributed by atoms with Crippen molar-refractivity contribution in [2.24, 2.45) is 11.7 Å². The van der Waals surface area contributed by atoms with E-state index >= 15 is 0 Å². The summed E-state index contributed by atoms with van der Waals surface area (Å²) in [5.74, 6) is 0.518. The van der Waals surface area contributed by atoms with Crippen LogP contribution in [-0.2, 0) is 0 Å². The molecule has 156 valence electrons. The predicted molar refractivity (Wildman–Crippen MR) is 119 cm³/mol. The highest BCUT2D eigenvalue weighted by atomic mass is 35.5. The Kier molecular flexibility index (Phi) is 8.23. The van der Waals surface area contributed by atoms with Gasteiger partial charge in [0.25, 0.3) is 11.8 Å². The fraction of sp³-hybridized carbons (Fsp3) is 0.391. The van der Waals surface area contributed by atoms with Gasteiger partial charge in [-0.15, -0.1) is 12.4 Å². The van der Waals surface area contributed by atoms with Gasteiger partial charge in [0.2, 0.25) is 0 Å². The molecular weight excluding hydrogens is 386 g/mol. The van der Waals surface area contributed by atoms with E-state index in [9.17, 15) is 9.59 Å². The minimum absolute atomic E-state index is 0. The number of nitrogens with two attached hydrogens (primary N) is 1. The van der Waals surface area contributed by atoms with Crippen LogP contribution in [-0.4, -0.2) is 54.3 Å². The molecule has 1 heterocycles. The maximum absolute atomic E-state index is 13.0. The number of carbonyl (C=O) groups excluding carboxylic acids is 2. The quantitative estimate of drug-likeness (QED) is 0.786. The van der Waals surface area contributed by atoms with Crippen molar-refractivity contribution in [1.29, 1.82) is 0 Å². The van der Waals surface area contributed by atoms with Crippen molar-refractivity contribution in [3.8, 4) is 0 Å². The number of rotatable bonds is 6. The molecule has 2 aromatic carbocycles. The van der Waals surface area contributed by atoms with E-state index in [0.717, 1.165) is 0 Å². The van der Waals surface area contributed by atoms with Gasteiger partial charge in [-0.05, 0) is 56.1 Å². The van der Waals surface area contributed by atoms with Gasteiger partial charge in [0, 0.05) is 43.2 Å². The molecule has 0 aromatic heterocycles. The zero-order valence-electron chi connectivity index (χ0n) is 17.1. The molecule has 2 amide bonds. The average molecular weight is 416 g/mol. The standard InChI is InChI=1S/C23H29N3O2.ClH/c1-3-25(4-2)22(27)18-10-12-19(13-11-18)23(28)26-15-20(14-24)21(16-26)17-8-6-5-7-9-17;/h5-13,20-21H,3-4,14-16,24H2,1-2H3;1H/t20-,21+;/m1./s1. The Hall–Kier alpha value is -2.37. The second kappa shape index (κ2) is 10.4. The van der Waals surface area contributed by atoms with Gasteiger partial charge in [-0.2, -0.15) is 0 Å². The monoisotopic (exact) mass is 415 g/mol. The van der Waals surface area contributed by atoms with Crippen molar-refractivity contribution in [3.05, 3.63) is 71.3 Å². The van der Waals surface area contributed by atoms with Gasteiger partial charge in [0.15, 0.2) is 0 Å². The van der Waals surface area contributed by atoms with Crippen molar-refractivity contribution in [1.82, 2.24) is 9.80 Å². The molecule has 1 fully saturated rings. The lowest BCUT2D eigenvalue weighted by Gasteiger charge is -2.19. The minimum Gasteiger partial charge on any atom is -0.339 e. The molecule has 0 spiro atoms. The summed E-state index contributed by atoms with van der Waals surface area (Å²) in [6, 6.07) is 17.3. The first-order valence-electron chi connectivity index (χ1n) is 10.0. The normalized spacial score (nSPS) is 18.2. The van der Waals surface area contributed by atoms with Gasteiger partial charge in [-0.3, -0.25) is 9.59 Å². The summed E-state index contributed by atoms with van der Waals surface area (Å²) in [6.45, 7) is 7.16. The Morgan fingerprint density at radius 2 is 1.55 bits per heavy atom. The zero-order valence-corrected chi connectivity index (χ0v) is 17.9. The van der Waals surface area contributed by atoms with Gasteiger partial charge in [0.1, 0.15) is 0 Å². The molecule has 1 aliphatic rings. The Bertz CT molecular complexity index is 807. The largest absolute Gasteiger partial charge is 0.339 e. The second-order valence-electron chi connectivity index (χ2n) is 7.28. The number of benzene rings is 2. The third-order valence-electron chi connectivity index (χ3n) is 5.69. The van der Waals surface area contributed by atoms with Gasteiger partial charge in [-0.25, -0.2) is 0 Å². The van der Waals surface area contributed by atoms with E-state index in [1.807, 2.05) is 36.9 Å². The number of nitrogens with zero attached hydrogens (tertiary/aromatic N) is 2. The predicted octanol–water partition coefficient (Wildman–Crippen LogP) is 3.40. The number of halogens is 1.